The van der Waals surface area contributed by atoms with E-state index in [9.17, 15) is 4.79 Å². The zero-order chi connectivity index (χ0) is 16.7. The highest BCUT2D eigenvalue weighted by Gasteiger charge is 2.13. The fraction of sp³-hybridized carbons (Fsp3) is 0.333. The lowest BCUT2D eigenvalue weighted by molar-refractivity contribution is -0.119. The van der Waals surface area contributed by atoms with Crippen molar-refractivity contribution >= 4 is 28.8 Å². The Morgan fingerprint density at radius 1 is 1.50 bits per heavy atom. The first kappa shape index (κ1) is 17.2. The molecule has 0 aromatic heterocycles. The van der Waals surface area contributed by atoms with Gasteiger partial charge in [-0.05, 0) is 31.0 Å². The highest BCUT2D eigenvalue weighted by molar-refractivity contribution is 6.45. The molecule has 1 amide bonds. The highest BCUT2D eigenvalue weighted by atomic mass is 16.1. The van der Waals surface area contributed by atoms with Crippen LogP contribution in [0.3, 0.4) is 0 Å². The number of carbonyl (C=O) groups excluding carboxylic acids is 1. The minimum absolute atomic E-state index is 0.0484. The molecule has 7 heteroatoms. The molecule has 0 fully saturated rings. The third-order valence-electron chi connectivity index (χ3n) is 3.30. The third kappa shape index (κ3) is 4.31. The van der Waals surface area contributed by atoms with Crippen molar-refractivity contribution in [3.63, 3.8) is 0 Å². The summed E-state index contributed by atoms with van der Waals surface area (Å²) >= 11 is 0. The van der Waals surface area contributed by atoms with Crippen molar-refractivity contribution in [1.82, 2.24) is 0 Å². The number of carbonyl (C=O) groups is 1. The van der Waals surface area contributed by atoms with E-state index in [1.807, 2.05) is 20.8 Å². The van der Waals surface area contributed by atoms with Gasteiger partial charge in [0.25, 0.3) is 0 Å². The monoisotopic (exact) mass is 300 g/mol. The molecule has 1 aromatic rings. The number of nitrogens with zero attached hydrogens (tertiary/aromatic N) is 2. The van der Waals surface area contributed by atoms with Crippen LogP contribution in [-0.4, -0.2) is 17.5 Å². The summed E-state index contributed by atoms with van der Waals surface area (Å²) in [7, 11) is 0. The van der Waals surface area contributed by atoms with Crippen molar-refractivity contribution in [1.29, 1.82) is 10.7 Å². The van der Waals surface area contributed by atoms with Crippen LogP contribution >= 0.6 is 0 Å². The van der Waals surface area contributed by atoms with E-state index in [0.29, 0.717) is 11.4 Å². The van der Waals surface area contributed by atoms with E-state index in [4.69, 9.17) is 16.4 Å². The maximum Gasteiger partial charge on any atom is 0.227 e. The molecule has 1 rings (SSSR count). The summed E-state index contributed by atoms with van der Waals surface area (Å²) in [6.45, 7) is 5.64. The lowest BCUT2D eigenvalue weighted by Gasteiger charge is -2.14. The van der Waals surface area contributed by atoms with Gasteiger partial charge >= 0.3 is 0 Å². The summed E-state index contributed by atoms with van der Waals surface area (Å²) < 4.78 is 0. The maximum atomic E-state index is 12.0. The van der Waals surface area contributed by atoms with E-state index in [-0.39, 0.29) is 17.5 Å². The van der Waals surface area contributed by atoms with Gasteiger partial charge in [0.1, 0.15) is 6.07 Å². The average molecular weight is 300 g/mol. The number of hydrogen-bond acceptors (Lipinski definition) is 5. The van der Waals surface area contributed by atoms with Gasteiger partial charge in [0.2, 0.25) is 11.6 Å². The Bertz CT molecular complexity index is 644. The van der Waals surface area contributed by atoms with Gasteiger partial charge in [-0.3, -0.25) is 15.6 Å². The largest absolute Gasteiger partial charge is 0.382 e. The Hall–Kier alpha value is -2.88. The second-order valence-corrected chi connectivity index (χ2v) is 4.87. The molecular formula is C15H20N6O. The fourth-order valence-electron chi connectivity index (χ4n) is 1.60. The molecule has 0 aliphatic carbocycles. The molecule has 0 bridgehead atoms. The summed E-state index contributed by atoms with van der Waals surface area (Å²) in [4.78, 5) is 12.0. The van der Waals surface area contributed by atoms with Crippen molar-refractivity contribution < 1.29 is 4.79 Å². The number of anilines is 2. The van der Waals surface area contributed by atoms with Gasteiger partial charge in [-0.25, -0.2) is 0 Å². The Labute approximate surface area is 129 Å². The van der Waals surface area contributed by atoms with E-state index in [1.54, 1.807) is 24.3 Å². The van der Waals surface area contributed by atoms with Crippen LogP contribution in [0, 0.1) is 29.6 Å². The molecule has 5 N–H and O–H groups in total. The third-order valence-corrected chi connectivity index (χ3v) is 3.30. The number of amides is 1. The van der Waals surface area contributed by atoms with Gasteiger partial charge in [0.15, 0.2) is 5.84 Å². The summed E-state index contributed by atoms with van der Waals surface area (Å²) in [6.07, 6.45) is 0.761. The van der Waals surface area contributed by atoms with Crippen LogP contribution in [0.4, 0.5) is 11.4 Å². The van der Waals surface area contributed by atoms with Gasteiger partial charge in [0.05, 0.1) is 5.69 Å². The topological polar surface area (TPSA) is 127 Å². The number of benzene rings is 1. The maximum absolute atomic E-state index is 12.0. The molecule has 0 spiro atoms. The number of hydrazone groups is 1. The van der Waals surface area contributed by atoms with Crippen molar-refractivity contribution in [3.8, 4) is 6.07 Å². The van der Waals surface area contributed by atoms with Crippen LogP contribution in [-0.2, 0) is 4.79 Å². The zero-order valence-electron chi connectivity index (χ0n) is 12.9. The minimum atomic E-state index is -0.408. The minimum Gasteiger partial charge on any atom is -0.382 e. The molecule has 1 unspecified atom stereocenters. The van der Waals surface area contributed by atoms with Crippen molar-refractivity contribution in [2.24, 2.45) is 16.8 Å². The van der Waals surface area contributed by atoms with Crippen LogP contribution in [0.15, 0.2) is 23.3 Å². The quantitative estimate of drug-likeness (QED) is 0.365. The van der Waals surface area contributed by atoms with Gasteiger partial charge in [-0.15, -0.1) is 0 Å². The smallest absolute Gasteiger partial charge is 0.227 e. The summed E-state index contributed by atoms with van der Waals surface area (Å²) in [5, 5.41) is 22.7. The molecule has 0 saturated heterocycles. The summed E-state index contributed by atoms with van der Waals surface area (Å²) in [5.74, 6) is -0.529. The van der Waals surface area contributed by atoms with Gasteiger partial charge in [-0.1, -0.05) is 19.9 Å². The van der Waals surface area contributed by atoms with E-state index in [1.165, 1.54) is 0 Å². The number of hydrogen-bond donors (Lipinski definition) is 4. The van der Waals surface area contributed by atoms with E-state index < -0.39 is 5.84 Å². The number of nitrogens with two attached hydrogens (primary N) is 1. The highest BCUT2D eigenvalue weighted by Crippen LogP contribution is 2.24. The van der Waals surface area contributed by atoms with Crippen LogP contribution in [0.25, 0.3) is 0 Å². The molecule has 0 aliphatic rings. The van der Waals surface area contributed by atoms with E-state index >= 15 is 0 Å². The molecule has 1 aromatic carbocycles. The average Bonchev–Trinajstić information content (AvgIpc) is 2.49. The normalized spacial score (nSPS) is 12.2. The molecular weight excluding hydrogens is 280 g/mol. The molecule has 0 saturated carbocycles. The standard InChI is InChI=1S/C15H20N6O/c1-4-9(2)15(22)19-11-6-5-7-12(10(11)3)20-21-13(8-16)14(17)18/h5-7,9,20H,4H2,1-3H3,(H3,17,18)(H,19,22)/b21-13+. The summed E-state index contributed by atoms with van der Waals surface area (Å²) in [5.41, 5.74) is 9.80. The Morgan fingerprint density at radius 2 is 2.14 bits per heavy atom. The molecule has 22 heavy (non-hydrogen) atoms. The van der Waals surface area contributed by atoms with Crippen molar-refractivity contribution in [3.05, 3.63) is 23.8 Å². The second-order valence-electron chi connectivity index (χ2n) is 4.87. The number of rotatable bonds is 6. The van der Waals surface area contributed by atoms with Gasteiger partial charge in [-0.2, -0.15) is 10.4 Å². The van der Waals surface area contributed by atoms with Crippen molar-refractivity contribution in [2.75, 3.05) is 10.7 Å². The van der Waals surface area contributed by atoms with E-state index in [0.717, 1.165) is 12.0 Å². The Kier molecular flexibility index (Phi) is 6.08. The first-order valence-electron chi connectivity index (χ1n) is 6.89. The first-order valence-corrected chi connectivity index (χ1v) is 6.89. The lowest BCUT2D eigenvalue weighted by Crippen LogP contribution is -2.22. The van der Waals surface area contributed by atoms with E-state index in [2.05, 4.69) is 15.8 Å². The number of nitrogens with one attached hydrogen (secondary N) is 3. The number of nitriles is 1. The van der Waals surface area contributed by atoms with Crippen molar-refractivity contribution in [2.45, 2.75) is 27.2 Å². The van der Waals surface area contributed by atoms with Gasteiger partial charge < -0.3 is 11.1 Å². The van der Waals surface area contributed by atoms with Gasteiger partial charge in [0, 0.05) is 11.6 Å². The SMILES string of the molecule is CCC(C)C(=O)Nc1cccc(N/N=C(\C#N)C(=N)N)c1C. The first-order chi connectivity index (χ1) is 10.4. The molecule has 0 radical (unpaired) electrons. The number of amidine groups is 1. The van der Waals surface area contributed by atoms with Crippen LogP contribution < -0.4 is 16.5 Å². The molecule has 0 heterocycles. The zero-order valence-corrected chi connectivity index (χ0v) is 12.9. The molecule has 7 nitrogen and oxygen atoms in total. The molecule has 1 atom stereocenters. The molecule has 0 aliphatic heterocycles. The predicted molar refractivity (Wildman–Crippen MR) is 87.8 cm³/mol. The molecule has 116 valence electrons. The Morgan fingerprint density at radius 3 is 2.68 bits per heavy atom. The summed E-state index contributed by atoms with van der Waals surface area (Å²) in [6, 6.07) is 7.04. The lowest BCUT2D eigenvalue weighted by atomic mass is 10.1. The fourth-order valence-corrected chi connectivity index (χ4v) is 1.60. The van der Waals surface area contributed by atoms with Crippen LogP contribution in [0.2, 0.25) is 0 Å². The van der Waals surface area contributed by atoms with Crippen LogP contribution in [0.1, 0.15) is 25.8 Å². The second kappa shape index (κ2) is 7.78. The predicted octanol–water partition coefficient (Wildman–Crippen LogP) is 2.21. The van der Waals surface area contributed by atoms with Crippen LogP contribution in [0.5, 0.6) is 0 Å². The Balaban J connectivity index is 2.97.